The lowest BCUT2D eigenvalue weighted by atomic mass is 9.99. The number of aromatic nitrogens is 3. The molecule has 1 aliphatic heterocycles. The number of aromatic amines is 1. The molecule has 2 atom stereocenters. The summed E-state index contributed by atoms with van der Waals surface area (Å²) in [6.45, 7) is 0.744. The van der Waals surface area contributed by atoms with Gasteiger partial charge in [-0.1, -0.05) is 36.2 Å². The Morgan fingerprint density at radius 2 is 1.91 bits per heavy atom. The highest BCUT2D eigenvalue weighted by atomic mass is 35.5. The second-order valence-electron chi connectivity index (χ2n) is 8.59. The first-order chi connectivity index (χ1) is 17.1. The van der Waals surface area contributed by atoms with Gasteiger partial charge < -0.3 is 25.5 Å². The van der Waals surface area contributed by atoms with Gasteiger partial charge in [-0.15, -0.1) is 0 Å². The topological polar surface area (TPSA) is 112 Å². The Bertz CT molecular complexity index is 1330. The quantitative estimate of drug-likeness (QED) is 0.267. The van der Waals surface area contributed by atoms with E-state index >= 15 is 0 Å². The van der Waals surface area contributed by atoms with E-state index in [0.717, 1.165) is 19.3 Å². The molecule has 0 spiro atoms. The third-order valence-electron chi connectivity index (χ3n) is 6.19. The van der Waals surface area contributed by atoms with Crippen LogP contribution >= 0.6 is 11.6 Å². The number of fused-ring (bicyclic) bond motifs is 1. The Hall–Kier alpha value is -3.46. The zero-order valence-electron chi connectivity index (χ0n) is 19.0. The van der Waals surface area contributed by atoms with E-state index in [1.807, 2.05) is 30.3 Å². The molecule has 1 saturated heterocycles. The molecule has 0 unspecified atom stereocenters. The van der Waals surface area contributed by atoms with E-state index < -0.39 is 0 Å². The van der Waals surface area contributed by atoms with Gasteiger partial charge in [0.1, 0.15) is 29.3 Å². The summed E-state index contributed by atoms with van der Waals surface area (Å²) in [6, 6.07) is 14.7. The Kier molecular flexibility index (Phi) is 6.94. The molecular weight excluding hydrogens is 466 g/mol. The molecule has 2 aromatic carbocycles. The number of hydrogen-bond donors (Lipinski definition) is 4. The lowest BCUT2D eigenvalue weighted by Gasteiger charge is -2.30. The number of benzene rings is 2. The number of aliphatic hydroxyl groups is 1. The third kappa shape index (κ3) is 5.14. The molecule has 0 saturated carbocycles. The maximum absolute atomic E-state index is 13.5. The molecule has 3 heterocycles. The molecule has 4 aromatic rings. The number of carbonyl (C=O) groups is 1. The lowest BCUT2D eigenvalue weighted by molar-refractivity contribution is 0.104. The third-order valence-corrected chi connectivity index (χ3v) is 6.50. The first kappa shape index (κ1) is 23.3. The molecular formula is C26H26ClN5O3. The summed E-state index contributed by atoms with van der Waals surface area (Å²) < 4.78 is 5.83. The first-order valence-electron chi connectivity index (χ1n) is 11.6. The van der Waals surface area contributed by atoms with Crippen molar-refractivity contribution < 1.29 is 14.6 Å². The van der Waals surface area contributed by atoms with Crippen LogP contribution in [0, 0.1) is 0 Å². The number of hydrogen-bond acceptors (Lipinski definition) is 7. The predicted molar refractivity (Wildman–Crippen MR) is 135 cm³/mol. The fraction of sp³-hybridized carbons (Fsp3) is 0.269. The van der Waals surface area contributed by atoms with Gasteiger partial charge in [0, 0.05) is 36.5 Å². The summed E-state index contributed by atoms with van der Waals surface area (Å²) in [5, 5.41) is 17.2. The van der Waals surface area contributed by atoms with E-state index in [0.29, 0.717) is 51.0 Å². The Morgan fingerprint density at radius 1 is 1.09 bits per heavy atom. The number of halogens is 1. The van der Waals surface area contributed by atoms with Crippen molar-refractivity contribution >= 4 is 34.2 Å². The van der Waals surface area contributed by atoms with Crippen molar-refractivity contribution in [3.8, 4) is 11.5 Å². The monoisotopic (exact) mass is 491 g/mol. The molecule has 5 rings (SSSR count). The molecule has 0 amide bonds. The Balaban J connectivity index is 1.37. The largest absolute Gasteiger partial charge is 0.457 e. The number of piperidine rings is 1. The molecule has 180 valence electrons. The van der Waals surface area contributed by atoms with Crippen molar-refractivity contribution in [3.63, 3.8) is 0 Å². The average molecular weight is 492 g/mol. The van der Waals surface area contributed by atoms with Gasteiger partial charge in [0.05, 0.1) is 22.6 Å². The first-order valence-corrected chi connectivity index (χ1v) is 12.0. The second kappa shape index (κ2) is 10.4. The second-order valence-corrected chi connectivity index (χ2v) is 9.00. The van der Waals surface area contributed by atoms with Gasteiger partial charge in [0.25, 0.3) is 0 Å². The summed E-state index contributed by atoms with van der Waals surface area (Å²) >= 11 is 6.50. The van der Waals surface area contributed by atoms with E-state index in [2.05, 4.69) is 25.6 Å². The molecule has 1 aliphatic rings. The lowest BCUT2D eigenvalue weighted by Crippen LogP contribution is -2.47. The number of nitrogens with one attached hydrogen (secondary N) is 3. The van der Waals surface area contributed by atoms with Gasteiger partial charge in [-0.25, -0.2) is 9.97 Å². The van der Waals surface area contributed by atoms with Crippen LogP contribution < -0.4 is 15.4 Å². The highest BCUT2D eigenvalue weighted by molar-refractivity contribution is 6.35. The Morgan fingerprint density at radius 3 is 2.71 bits per heavy atom. The van der Waals surface area contributed by atoms with Crippen molar-refractivity contribution in [2.24, 2.45) is 0 Å². The number of anilines is 1. The van der Waals surface area contributed by atoms with Gasteiger partial charge in [-0.2, -0.15) is 0 Å². The fourth-order valence-corrected chi connectivity index (χ4v) is 4.68. The summed E-state index contributed by atoms with van der Waals surface area (Å²) in [4.78, 5) is 25.2. The molecule has 9 heteroatoms. The van der Waals surface area contributed by atoms with E-state index in [1.165, 1.54) is 6.33 Å². The van der Waals surface area contributed by atoms with E-state index in [9.17, 15) is 9.90 Å². The van der Waals surface area contributed by atoms with Crippen LogP contribution in [-0.2, 0) is 0 Å². The Labute approximate surface area is 207 Å². The molecule has 2 aromatic heterocycles. The number of ketones is 1. The summed E-state index contributed by atoms with van der Waals surface area (Å²) in [7, 11) is 0. The minimum absolute atomic E-state index is 0.112. The van der Waals surface area contributed by atoms with Gasteiger partial charge >= 0.3 is 0 Å². The van der Waals surface area contributed by atoms with Gasteiger partial charge in [-0.3, -0.25) is 4.79 Å². The summed E-state index contributed by atoms with van der Waals surface area (Å²) in [5.74, 6) is 1.57. The maximum Gasteiger partial charge on any atom is 0.196 e. The average Bonchev–Trinajstić information content (AvgIpc) is 3.33. The van der Waals surface area contributed by atoms with Crippen molar-refractivity contribution in [1.29, 1.82) is 0 Å². The SMILES string of the molecule is O=C(c1ccc(Oc2ccccc2)cc1Cl)c1c[nH]c2ncnc(NC[C@H]3CCC[C@@H](CO)N3)c12. The van der Waals surface area contributed by atoms with Crippen molar-refractivity contribution in [2.45, 2.75) is 31.3 Å². The maximum atomic E-state index is 13.5. The molecule has 0 radical (unpaired) electrons. The molecule has 8 nitrogen and oxygen atoms in total. The zero-order valence-corrected chi connectivity index (χ0v) is 19.8. The van der Waals surface area contributed by atoms with Crippen molar-refractivity contribution in [2.75, 3.05) is 18.5 Å². The van der Waals surface area contributed by atoms with Crippen LogP contribution in [-0.4, -0.2) is 51.1 Å². The van der Waals surface area contributed by atoms with Gasteiger partial charge in [0.15, 0.2) is 5.78 Å². The van der Waals surface area contributed by atoms with E-state index in [1.54, 1.807) is 24.4 Å². The normalized spacial score (nSPS) is 17.9. The molecule has 4 N–H and O–H groups in total. The van der Waals surface area contributed by atoms with Crippen LogP contribution in [0.15, 0.2) is 61.1 Å². The summed E-state index contributed by atoms with van der Waals surface area (Å²) in [5.41, 5.74) is 1.37. The van der Waals surface area contributed by atoms with E-state index in [-0.39, 0.29) is 24.5 Å². The van der Waals surface area contributed by atoms with Crippen LogP contribution in [0.3, 0.4) is 0 Å². The van der Waals surface area contributed by atoms with Crippen molar-refractivity contribution in [3.05, 3.63) is 77.2 Å². The van der Waals surface area contributed by atoms with Crippen LogP contribution in [0.4, 0.5) is 5.82 Å². The number of H-pyrrole nitrogens is 1. The van der Waals surface area contributed by atoms with Crippen LogP contribution in [0.2, 0.25) is 5.02 Å². The fourth-order valence-electron chi connectivity index (χ4n) is 4.42. The van der Waals surface area contributed by atoms with Gasteiger partial charge in [-0.05, 0) is 37.1 Å². The number of ether oxygens (including phenoxy) is 1. The van der Waals surface area contributed by atoms with Crippen LogP contribution in [0.25, 0.3) is 11.0 Å². The highest BCUT2D eigenvalue weighted by Gasteiger charge is 2.23. The number of nitrogens with zero attached hydrogens (tertiary/aromatic N) is 2. The number of aliphatic hydroxyl groups excluding tert-OH is 1. The van der Waals surface area contributed by atoms with Crippen LogP contribution in [0.5, 0.6) is 11.5 Å². The smallest absolute Gasteiger partial charge is 0.196 e. The van der Waals surface area contributed by atoms with Crippen molar-refractivity contribution in [1.82, 2.24) is 20.3 Å². The number of rotatable bonds is 8. The number of para-hydroxylation sites is 1. The van der Waals surface area contributed by atoms with E-state index in [4.69, 9.17) is 16.3 Å². The molecule has 0 bridgehead atoms. The standard InChI is InChI=1S/C26H26ClN5O3/c27-22-11-19(35-18-7-2-1-3-8-18)9-10-20(22)24(34)21-13-29-26-23(21)25(30-15-31-26)28-12-16-5-4-6-17(14-33)32-16/h1-3,7-11,13,15-17,32-33H,4-6,12,14H2,(H2,28,29,30,31)/t16-,17+/m1/s1. The predicted octanol–water partition coefficient (Wildman–Crippen LogP) is 4.55. The molecule has 35 heavy (non-hydrogen) atoms. The summed E-state index contributed by atoms with van der Waals surface area (Å²) in [6.07, 6.45) is 6.13. The molecule has 0 aliphatic carbocycles. The van der Waals surface area contributed by atoms with Crippen LogP contribution in [0.1, 0.15) is 35.2 Å². The minimum atomic E-state index is -0.235. The highest BCUT2D eigenvalue weighted by Crippen LogP contribution is 2.31. The zero-order chi connectivity index (χ0) is 24.2. The molecule has 1 fully saturated rings. The minimum Gasteiger partial charge on any atom is -0.457 e. The number of carbonyl (C=O) groups excluding carboxylic acids is 1. The van der Waals surface area contributed by atoms with Gasteiger partial charge in [0.2, 0.25) is 0 Å².